The highest BCUT2D eigenvalue weighted by molar-refractivity contribution is 5.90. The van der Waals surface area contributed by atoms with Gasteiger partial charge in [0, 0.05) is 10.9 Å². The third kappa shape index (κ3) is 3.53. The summed E-state index contributed by atoms with van der Waals surface area (Å²) in [7, 11) is 1.34. The first-order valence-corrected chi connectivity index (χ1v) is 9.09. The first kappa shape index (κ1) is 19.4. The standard InChI is InChI=1S/C20H16N2O4.C2H6/c1-11-4-5-12(2)17-15(11)10-16(25-17)19-22-21-18(26-19)13-6-8-14(9-7-13)20(23)24-3;1-2/h4-10H,1-3H3;1-2H3. The number of benzene rings is 2. The fraction of sp³-hybridized carbons (Fsp3) is 0.227. The van der Waals surface area contributed by atoms with E-state index in [0.717, 1.165) is 22.1 Å². The first-order chi connectivity index (χ1) is 13.6. The van der Waals surface area contributed by atoms with Crippen LogP contribution < -0.4 is 0 Å². The number of carbonyl (C=O) groups is 1. The number of nitrogens with zero attached hydrogens (tertiary/aromatic N) is 2. The highest BCUT2D eigenvalue weighted by Crippen LogP contribution is 2.32. The van der Waals surface area contributed by atoms with Gasteiger partial charge < -0.3 is 13.6 Å². The molecule has 0 saturated heterocycles. The maximum atomic E-state index is 11.5. The summed E-state index contributed by atoms with van der Waals surface area (Å²) >= 11 is 0. The summed E-state index contributed by atoms with van der Waals surface area (Å²) in [6.07, 6.45) is 0. The molecule has 0 unspecified atom stereocenters. The van der Waals surface area contributed by atoms with E-state index in [0.29, 0.717) is 28.7 Å². The third-order valence-electron chi connectivity index (χ3n) is 4.29. The zero-order valence-corrected chi connectivity index (χ0v) is 16.6. The van der Waals surface area contributed by atoms with Gasteiger partial charge >= 0.3 is 5.97 Å². The van der Waals surface area contributed by atoms with Gasteiger partial charge in [-0.1, -0.05) is 26.0 Å². The van der Waals surface area contributed by atoms with Gasteiger partial charge in [0.1, 0.15) is 5.58 Å². The van der Waals surface area contributed by atoms with E-state index in [9.17, 15) is 4.79 Å². The molecule has 0 bridgehead atoms. The Bertz CT molecular complexity index is 1070. The van der Waals surface area contributed by atoms with Crippen LogP contribution in [0.5, 0.6) is 0 Å². The topological polar surface area (TPSA) is 78.4 Å². The second-order valence-corrected chi connectivity index (χ2v) is 6.03. The number of aromatic nitrogens is 2. The lowest BCUT2D eigenvalue weighted by atomic mass is 10.1. The summed E-state index contributed by atoms with van der Waals surface area (Å²) < 4.78 is 16.4. The molecule has 0 aliphatic heterocycles. The molecule has 0 fully saturated rings. The Kier molecular flexibility index (Phi) is 5.59. The van der Waals surface area contributed by atoms with Crippen molar-refractivity contribution in [1.29, 1.82) is 0 Å². The van der Waals surface area contributed by atoms with Gasteiger partial charge in [0.05, 0.1) is 12.7 Å². The Morgan fingerprint density at radius 1 is 0.893 bits per heavy atom. The average molecular weight is 378 g/mol. The molecule has 0 atom stereocenters. The number of ether oxygens (including phenoxy) is 1. The van der Waals surface area contributed by atoms with Gasteiger partial charge in [-0.2, -0.15) is 0 Å². The van der Waals surface area contributed by atoms with E-state index in [2.05, 4.69) is 21.0 Å². The van der Waals surface area contributed by atoms with Gasteiger partial charge in [0.15, 0.2) is 5.76 Å². The minimum Gasteiger partial charge on any atom is -0.465 e. The van der Waals surface area contributed by atoms with Crippen LogP contribution in [-0.4, -0.2) is 23.3 Å². The zero-order valence-electron chi connectivity index (χ0n) is 16.6. The molecule has 2 aromatic carbocycles. The smallest absolute Gasteiger partial charge is 0.337 e. The molecule has 0 aliphatic rings. The van der Waals surface area contributed by atoms with Crippen molar-refractivity contribution in [2.45, 2.75) is 27.7 Å². The molecule has 0 saturated carbocycles. The molecule has 0 amide bonds. The Labute approximate surface area is 163 Å². The Balaban J connectivity index is 0.00000109. The summed E-state index contributed by atoms with van der Waals surface area (Å²) in [5.41, 5.74) is 4.16. The first-order valence-electron chi connectivity index (χ1n) is 9.09. The number of furan rings is 1. The molecule has 28 heavy (non-hydrogen) atoms. The van der Waals surface area contributed by atoms with Gasteiger partial charge in [-0.05, 0) is 55.3 Å². The average Bonchev–Trinajstić information content (AvgIpc) is 3.40. The van der Waals surface area contributed by atoms with Crippen LogP contribution in [-0.2, 0) is 4.74 Å². The van der Waals surface area contributed by atoms with Crippen molar-refractivity contribution in [3.8, 4) is 23.1 Å². The summed E-state index contributed by atoms with van der Waals surface area (Å²) in [6.45, 7) is 8.03. The lowest BCUT2D eigenvalue weighted by Crippen LogP contribution is -2.00. The number of methoxy groups -OCH3 is 1. The van der Waals surface area contributed by atoms with Crippen molar-refractivity contribution in [3.05, 3.63) is 59.2 Å². The van der Waals surface area contributed by atoms with Gasteiger partial charge in [-0.15, -0.1) is 10.2 Å². The Morgan fingerprint density at radius 2 is 1.54 bits per heavy atom. The normalized spacial score (nSPS) is 10.5. The minimum atomic E-state index is -0.393. The highest BCUT2D eigenvalue weighted by atomic mass is 16.5. The lowest BCUT2D eigenvalue weighted by molar-refractivity contribution is 0.0600. The number of carbonyl (C=O) groups excluding carboxylic acids is 1. The fourth-order valence-corrected chi connectivity index (χ4v) is 2.80. The van der Waals surface area contributed by atoms with Crippen molar-refractivity contribution >= 4 is 16.9 Å². The summed E-state index contributed by atoms with van der Waals surface area (Å²) in [6, 6.07) is 12.8. The Morgan fingerprint density at radius 3 is 2.18 bits per heavy atom. The fourth-order valence-electron chi connectivity index (χ4n) is 2.80. The van der Waals surface area contributed by atoms with E-state index in [-0.39, 0.29) is 0 Å². The number of esters is 1. The van der Waals surface area contributed by atoms with Crippen LogP contribution in [0.25, 0.3) is 34.1 Å². The molecule has 4 rings (SSSR count). The monoisotopic (exact) mass is 378 g/mol. The Hall–Kier alpha value is -3.41. The van der Waals surface area contributed by atoms with Crippen LogP contribution in [0.4, 0.5) is 0 Å². The molecule has 2 heterocycles. The summed E-state index contributed by atoms with van der Waals surface area (Å²) in [5.74, 6) is 0.801. The minimum absolute atomic E-state index is 0.312. The van der Waals surface area contributed by atoms with Crippen LogP contribution in [0.3, 0.4) is 0 Å². The molecule has 0 spiro atoms. The van der Waals surface area contributed by atoms with Gasteiger partial charge in [-0.3, -0.25) is 0 Å². The number of rotatable bonds is 3. The zero-order chi connectivity index (χ0) is 20.3. The summed E-state index contributed by atoms with van der Waals surface area (Å²) in [4.78, 5) is 11.5. The third-order valence-corrected chi connectivity index (χ3v) is 4.29. The SMILES string of the molecule is CC.COC(=O)c1ccc(-c2nnc(-c3cc4c(C)ccc(C)c4o3)o2)cc1. The molecule has 4 aromatic rings. The van der Waals surface area contributed by atoms with E-state index < -0.39 is 5.97 Å². The van der Waals surface area contributed by atoms with Crippen molar-refractivity contribution in [2.24, 2.45) is 0 Å². The molecule has 0 radical (unpaired) electrons. The lowest BCUT2D eigenvalue weighted by Gasteiger charge is -1.99. The van der Waals surface area contributed by atoms with Crippen molar-refractivity contribution in [2.75, 3.05) is 7.11 Å². The van der Waals surface area contributed by atoms with Crippen molar-refractivity contribution in [3.63, 3.8) is 0 Å². The number of hydrogen-bond donors (Lipinski definition) is 0. The van der Waals surface area contributed by atoms with Crippen LogP contribution in [0.2, 0.25) is 0 Å². The van der Waals surface area contributed by atoms with E-state index in [1.165, 1.54) is 7.11 Å². The summed E-state index contributed by atoms with van der Waals surface area (Å²) in [5, 5.41) is 9.20. The van der Waals surface area contributed by atoms with Gasteiger partial charge in [-0.25, -0.2) is 4.79 Å². The molecule has 6 nitrogen and oxygen atoms in total. The molecule has 0 N–H and O–H groups in total. The molecule has 0 aliphatic carbocycles. The van der Waals surface area contributed by atoms with Crippen LogP contribution in [0, 0.1) is 13.8 Å². The van der Waals surface area contributed by atoms with E-state index in [4.69, 9.17) is 8.83 Å². The molecular formula is C22H22N2O4. The number of hydrogen-bond acceptors (Lipinski definition) is 6. The molecule has 2 aromatic heterocycles. The van der Waals surface area contributed by atoms with Crippen molar-refractivity contribution < 1.29 is 18.4 Å². The second-order valence-electron chi connectivity index (χ2n) is 6.03. The van der Waals surface area contributed by atoms with Gasteiger partial charge in [0.2, 0.25) is 5.89 Å². The number of fused-ring (bicyclic) bond motifs is 1. The van der Waals surface area contributed by atoms with Crippen LogP contribution in [0.1, 0.15) is 35.3 Å². The predicted molar refractivity (Wildman–Crippen MR) is 107 cm³/mol. The van der Waals surface area contributed by atoms with Crippen LogP contribution >= 0.6 is 0 Å². The van der Waals surface area contributed by atoms with E-state index >= 15 is 0 Å². The molecule has 6 heteroatoms. The molecule has 144 valence electrons. The maximum Gasteiger partial charge on any atom is 0.337 e. The van der Waals surface area contributed by atoms with Crippen molar-refractivity contribution in [1.82, 2.24) is 10.2 Å². The van der Waals surface area contributed by atoms with Gasteiger partial charge in [0.25, 0.3) is 5.89 Å². The van der Waals surface area contributed by atoms with Crippen LogP contribution in [0.15, 0.2) is 51.3 Å². The predicted octanol–water partition coefficient (Wildman–Crippen LogP) is 5.58. The maximum absolute atomic E-state index is 11.5. The van der Waals surface area contributed by atoms with E-state index in [1.54, 1.807) is 24.3 Å². The number of aryl methyl sites for hydroxylation is 2. The largest absolute Gasteiger partial charge is 0.465 e. The van der Waals surface area contributed by atoms with E-state index in [1.807, 2.05) is 39.8 Å². The second kappa shape index (κ2) is 8.08. The highest BCUT2D eigenvalue weighted by Gasteiger charge is 2.17. The molecular weight excluding hydrogens is 356 g/mol. The quantitative estimate of drug-likeness (QED) is 0.433.